The van der Waals surface area contributed by atoms with E-state index in [1.54, 1.807) is 19.1 Å². The summed E-state index contributed by atoms with van der Waals surface area (Å²) in [5.41, 5.74) is 0.800. The van der Waals surface area contributed by atoms with E-state index in [2.05, 4.69) is 4.72 Å². The predicted octanol–water partition coefficient (Wildman–Crippen LogP) is 3.74. The molecule has 4 nitrogen and oxygen atoms in total. The Hall–Kier alpha value is -1.27. The zero-order chi connectivity index (χ0) is 15.6. The minimum absolute atomic E-state index is 0.116. The van der Waals surface area contributed by atoms with Crippen LogP contribution in [0.1, 0.15) is 18.5 Å². The highest BCUT2D eigenvalue weighted by molar-refractivity contribution is 7.89. The van der Waals surface area contributed by atoms with Crippen molar-refractivity contribution in [2.24, 2.45) is 0 Å². The lowest BCUT2D eigenvalue weighted by Gasteiger charge is -2.16. The van der Waals surface area contributed by atoms with Crippen molar-refractivity contribution in [2.45, 2.75) is 17.9 Å². The van der Waals surface area contributed by atoms with Gasteiger partial charge in [-0.3, -0.25) is 0 Å². The van der Waals surface area contributed by atoms with E-state index in [1.165, 1.54) is 6.07 Å². The Bertz CT molecular complexity index is 748. The maximum absolute atomic E-state index is 12.4. The van der Waals surface area contributed by atoms with Gasteiger partial charge in [0, 0.05) is 11.1 Å². The van der Waals surface area contributed by atoms with E-state index >= 15 is 0 Å². The highest BCUT2D eigenvalue weighted by Gasteiger charge is 2.24. The molecule has 0 unspecified atom stereocenters. The van der Waals surface area contributed by atoms with Gasteiger partial charge in [0.25, 0.3) is 0 Å². The van der Waals surface area contributed by atoms with E-state index in [9.17, 15) is 13.5 Å². The number of sulfonamides is 1. The van der Waals surface area contributed by atoms with Gasteiger partial charge in [-0.25, -0.2) is 13.1 Å². The van der Waals surface area contributed by atoms with E-state index in [1.807, 2.05) is 18.2 Å². The smallest absolute Gasteiger partial charge is 0.244 e. The molecule has 0 fully saturated rings. The molecule has 112 valence electrons. The van der Waals surface area contributed by atoms with Crippen LogP contribution < -0.4 is 4.72 Å². The van der Waals surface area contributed by atoms with Crippen LogP contribution in [-0.4, -0.2) is 13.5 Å². The second-order valence-corrected chi connectivity index (χ2v) is 7.01. The minimum Gasteiger partial charge on any atom is -0.505 e. The molecule has 2 aromatic carbocycles. The molecule has 0 aliphatic carbocycles. The van der Waals surface area contributed by atoms with E-state index in [0.717, 1.165) is 11.6 Å². The molecule has 1 atom stereocenters. The van der Waals surface area contributed by atoms with Crippen LogP contribution in [0, 0.1) is 0 Å². The standard InChI is InChI=1S/C14H13Cl2NO3S/c1-9(10-5-3-2-4-6-10)17-21(19,20)13-8-11(15)7-12(16)14(13)18/h2-9,17-18H,1H3/t9-/m1/s1. The van der Waals surface area contributed by atoms with Crippen molar-refractivity contribution in [3.8, 4) is 5.75 Å². The average Bonchev–Trinajstić information content (AvgIpc) is 2.43. The monoisotopic (exact) mass is 345 g/mol. The van der Waals surface area contributed by atoms with Crippen LogP contribution in [0.25, 0.3) is 0 Å². The lowest BCUT2D eigenvalue weighted by molar-refractivity contribution is 0.457. The van der Waals surface area contributed by atoms with Gasteiger partial charge >= 0.3 is 0 Å². The molecule has 21 heavy (non-hydrogen) atoms. The van der Waals surface area contributed by atoms with Crippen LogP contribution in [0.4, 0.5) is 0 Å². The van der Waals surface area contributed by atoms with E-state index in [-0.39, 0.29) is 14.9 Å². The number of phenols is 1. The molecule has 0 aliphatic rings. The van der Waals surface area contributed by atoms with Crippen molar-refractivity contribution in [3.63, 3.8) is 0 Å². The van der Waals surface area contributed by atoms with E-state index < -0.39 is 21.8 Å². The maximum Gasteiger partial charge on any atom is 0.244 e. The second-order valence-electron chi connectivity index (χ2n) is 4.49. The summed E-state index contributed by atoms with van der Waals surface area (Å²) in [6, 6.07) is 11.0. The first-order valence-corrected chi connectivity index (χ1v) is 8.30. The first-order valence-electron chi connectivity index (χ1n) is 6.06. The van der Waals surface area contributed by atoms with Crippen LogP contribution in [0.15, 0.2) is 47.4 Å². The molecule has 0 amide bonds. The third kappa shape index (κ3) is 3.68. The molecule has 0 aromatic heterocycles. The van der Waals surface area contributed by atoms with Crippen molar-refractivity contribution in [1.29, 1.82) is 0 Å². The minimum atomic E-state index is -3.95. The van der Waals surface area contributed by atoms with Gasteiger partial charge in [0.2, 0.25) is 10.0 Å². The largest absolute Gasteiger partial charge is 0.505 e. The van der Waals surface area contributed by atoms with Gasteiger partial charge in [-0.2, -0.15) is 0 Å². The molecular formula is C14H13Cl2NO3S. The molecule has 0 saturated carbocycles. The van der Waals surface area contributed by atoms with Gasteiger partial charge in [0.15, 0.2) is 5.75 Å². The Morgan fingerprint density at radius 3 is 2.38 bits per heavy atom. The van der Waals surface area contributed by atoms with E-state index in [4.69, 9.17) is 23.2 Å². The first kappa shape index (κ1) is 16.1. The Balaban J connectivity index is 2.35. The molecule has 2 rings (SSSR count). The number of hydrogen-bond donors (Lipinski definition) is 2. The van der Waals surface area contributed by atoms with Gasteiger partial charge in [-0.05, 0) is 24.6 Å². The summed E-state index contributed by atoms with van der Waals surface area (Å²) in [5, 5.41) is 9.85. The van der Waals surface area contributed by atoms with Gasteiger partial charge < -0.3 is 5.11 Å². The lowest BCUT2D eigenvalue weighted by atomic mass is 10.1. The van der Waals surface area contributed by atoms with Gasteiger partial charge in [0.05, 0.1) is 5.02 Å². The number of aromatic hydroxyl groups is 1. The predicted molar refractivity (Wildman–Crippen MR) is 83.3 cm³/mol. The van der Waals surface area contributed by atoms with Crippen molar-refractivity contribution >= 4 is 33.2 Å². The zero-order valence-electron chi connectivity index (χ0n) is 11.0. The highest BCUT2D eigenvalue weighted by Crippen LogP contribution is 2.34. The Morgan fingerprint density at radius 2 is 1.76 bits per heavy atom. The van der Waals surface area contributed by atoms with Crippen LogP contribution in [0.2, 0.25) is 10.0 Å². The van der Waals surface area contributed by atoms with Crippen molar-refractivity contribution in [2.75, 3.05) is 0 Å². The molecular weight excluding hydrogens is 333 g/mol. The third-order valence-electron chi connectivity index (χ3n) is 2.91. The number of nitrogens with one attached hydrogen (secondary N) is 1. The van der Waals surface area contributed by atoms with Gasteiger partial charge in [-0.1, -0.05) is 53.5 Å². The van der Waals surface area contributed by atoms with Crippen LogP contribution in [0.3, 0.4) is 0 Å². The number of phenolic OH excluding ortho intramolecular Hbond substituents is 1. The Kier molecular flexibility index (Phi) is 4.78. The number of rotatable bonds is 4. The van der Waals surface area contributed by atoms with Crippen molar-refractivity contribution < 1.29 is 13.5 Å². The first-order chi connectivity index (χ1) is 9.81. The SMILES string of the molecule is C[C@@H](NS(=O)(=O)c1cc(Cl)cc(Cl)c1O)c1ccccc1. The van der Waals surface area contributed by atoms with Crippen LogP contribution in [-0.2, 0) is 10.0 Å². The van der Waals surface area contributed by atoms with Crippen LogP contribution in [0.5, 0.6) is 5.75 Å². The summed E-state index contributed by atoms with van der Waals surface area (Å²) in [5.74, 6) is -0.520. The number of benzene rings is 2. The average molecular weight is 346 g/mol. The lowest BCUT2D eigenvalue weighted by Crippen LogP contribution is -2.27. The Morgan fingerprint density at radius 1 is 1.14 bits per heavy atom. The van der Waals surface area contributed by atoms with Crippen molar-refractivity contribution in [1.82, 2.24) is 4.72 Å². The summed E-state index contributed by atoms with van der Waals surface area (Å²) in [6.45, 7) is 1.70. The molecule has 2 aromatic rings. The molecule has 0 spiro atoms. The fraction of sp³-hybridized carbons (Fsp3) is 0.143. The molecule has 0 bridgehead atoms. The van der Waals surface area contributed by atoms with Crippen LogP contribution >= 0.6 is 23.2 Å². The summed E-state index contributed by atoms with van der Waals surface area (Å²) < 4.78 is 27.2. The molecule has 0 radical (unpaired) electrons. The molecule has 0 heterocycles. The highest BCUT2D eigenvalue weighted by atomic mass is 35.5. The summed E-state index contributed by atoms with van der Waals surface area (Å²) in [7, 11) is -3.95. The molecule has 2 N–H and O–H groups in total. The van der Waals surface area contributed by atoms with Gasteiger partial charge in [-0.15, -0.1) is 0 Å². The summed E-state index contributed by atoms with van der Waals surface area (Å²) in [6.07, 6.45) is 0. The molecule has 0 aliphatic heterocycles. The van der Waals surface area contributed by atoms with Gasteiger partial charge in [0.1, 0.15) is 4.90 Å². The number of hydrogen-bond acceptors (Lipinski definition) is 3. The van der Waals surface area contributed by atoms with E-state index in [0.29, 0.717) is 0 Å². The zero-order valence-corrected chi connectivity index (χ0v) is 13.4. The normalized spacial score (nSPS) is 13.1. The second kappa shape index (κ2) is 6.23. The third-order valence-corrected chi connectivity index (χ3v) is 4.97. The number of halogens is 2. The fourth-order valence-corrected chi connectivity index (χ4v) is 3.84. The molecule has 0 saturated heterocycles. The quantitative estimate of drug-likeness (QED) is 0.886. The fourth-order valence-electron chi connectivity index (χ4n) is 1.85. The van der Waals surface area contributed by atoms with Crippen molar-refractivity contribution in [3.05, 3.63) is 58.1 Å². The summed E-state index contributed by atoms with van der Waals surface area (Å²) in [4.78, 5) is -0.345. The maximum atomic E-state index is 12.4. The Labute approximate surface area is 133 Å². The summed E-state index contributed by atoms with van der Waals surface area (Å²) >= 11 is 11.5. The topological polar surface area (TPSA) is 66.4 Å². The molecule has 7 heteroatoms.